The van der Waals surface area contributed by atoms with Crippen molar-refractivity contribution < 1.29 is 0 Å². The minimum Gasteiger partial charge on any atom is -0.308 e. The lowest BCUT2D eigenvalue weighted by Crippen LogP contribution is -2.10. The number of benzene rings is 10. The topological polar surface area (TPSA) is 72.3 Å². The molecule has 8 heteroatoms. The molecular formula is C64H36N6S2. The second-order valence-corrected chi connectivity index (χ2v) is 20.3. The van der Waals surface area contributed by atoms with Gasteiger partial charge in [-0.05, 0) is 60.2 Å². The fraction of sp³-hybridized carbons (Fsp3) is 0. The lowest BCUT2D eigenvalue weighted by molar-refractivity contribution is 1.06. The van der Waals surface area contributed by atoms with Crippen LogP contribution in [0.1, 0.15) is 5.56 Å². The first kappa shape index (κ1) is 40.6. The first-order valence-electron chi connectivity index (χ1n) is 23.9. The highest BCUT2D eigenvalue weighted by molar-refractivity contribution is 7.26. The molecule has 0 bridgehead atoms. The summed E-state index contributed by atoms with van der Waals surface area (Å²) < 4.78 is 9.71. The van der Waals surface area contributed by atoms with Crippen molar-refractivity contribution >= 4 is 107 Å². The van der Waals surface area contributed by atoms with Crippen LogP contribution in [0.5, 0.6) is 0 Å². The van der Waals surface area contributed by atoms with E-state index in [2.05, 4.69) is 167 Å². The second-order valence-electron chi connectivity index (χ2n) is 18.1. The average Bonchev–Trinajstić information content (AvgIpc) is 4.20. The Labute approximate surface area is 420 Å². The number of hydrogen-bond donors (Lipinski definition) is 0. The minimum absolute atomic E-state index is 0.458. The van der Waals surface area contributed by atoms with Gasteiger partial charge in [-0.3, -0.25) is 0 Å². The third kappa shape index (κ3) is 5.96. The van der Waals surface area contributed by atoms with E-state index in [0.29, 0.717) is 28.6 Å². The van der Waals surface area contributed by atoms with Gasteiger partial charge >= 0.3 is 0 Å². The number of thiophene rings is 2. The number of hydrogen-bond acceptors (Lipinski definition) is 6. The fourth-order valence-electron chi connectivity index (χ4n) is 11.2. The average molecular weight is 953 g/mol. The standard InChI is InChI=1S/C64H36N6S2/c65-37-41-36-46(64-67-62(39-20-6-2-7-21-39)66-63(68-64)40-22-8-3-9-23-40)61(70-48-29-15-11-25-43(48)57-50(70)33-35-54-59(57)45-27-13-17-31-52(45)72-54)55(38-18-4-1-5-19-38)60(41)69-47-28-14-10-24-42(47)56-49(69)32-34-53-58(56)44-26-12-16-30-51(44)71-53/h1-36H. The molecule has 0 aliphatic heterocycles. The zero-order chi connectivity index (χ0) is 47.4. The zero-order valence-electron chi connectivity index (χ0n) is 38.3. The molecule has 0 unspecified atom stereocenters. The Morgan fingerprint density at radius 2 is 0.764 bits per heavy atom. The van der Waals surface area contributed by atoms with Gasteiger partial charge in [-0.25, -0.2) is 15.0 Å². The first-order valence-corrected chi connectivity index (χ1v) is 25.5. The molecule has 334 valence electrons. The highest BCUT2D eigenvalue weighted by atomic mass is 32.1. The number of aromatic nitrogens is 5. The van der Waals surface area contributed by atoms with E-state index < -0.39 is 0 Å². The number of rotatable bonds is 6. The molecule has 0 fully saturated rings. The van der Waals surface area contributed by atoms with Gasteiger partial charge in [-0.1, -0.05) is 164 Å². The maximum absolute atomic E-state index is 11.9. The van der Waals surface area contributed by atoms with Crippen LogP contribution in [0.4, 0.5) is 0 Å². The van der Waals surface area contributed by atoms with Crippen LogP contribution in [0.2, 0.25) is 0 Å². The molecule has 0 atom stereocenters. The monoisotopic (exact) mass is 952 g/mol. The van der Waals surface area contributed by atoms with Crippen molar-refractivity contribution in [3.05, 3.63) is 224 Å². The van der Waals surface area contributed by atoms with Crippen molar-refractivity contribution in [3.63, 3.8) is 0 Å². The molecule has 5 aromatic heterocycles. The molecule has 0 amide bonds. The fourth-order valence-corrected chi connectivity index (χ4v) is 13.4. The molecule has 0 saturated carbocycles. The van der Waals surface area contributed by atoms with Crippen LogP contribution in [0.3, 0.4) is 0 Å². The maximum Gasteiger partial charge on any atom is 0.166 e. The molecule has 0 radical (unpaired) electrons. The summed E-state index contributed by atoms with van der Waals surface area (Å²) in [4.78, 5) is 16.0. The summed E-state index contributed by atoms with van der Waals surface area (Å²) in [6, 6.07) is 79.4. The molecule has 5 heterocycles. The molecule has 72 heavy (non-hydrogen) atoms. The molecular weight excluding hydrogens is 917 g/mol. The molecule has 0 aliphatic rings. The van der Waals surface area contributed by atoms with Crippen LogP contribution < -0.4 is 0 Å². The number of nitrogens with zero attached hydrogens (tertiary/aromatic N) is 6. The van der Waals surface area contributed by atoms with Crippen LogP contribution in [-0.2, 0) is 0 Å². The van der Waals surface area contributed by atoms with Crippen LogP contribution in [0.15, 0.2) is 218 Å². The van der Waals surface area contributed by atoms with E-state index in [-0.39, 0.29) is 0 Å². The Morgan fingerprint density at radius 3 is 1.26 bits per heavy atom. The van der Waals surface area contributed by atoms with Gasteiger partial charge in [0.1, 0.15) is 6.07 Å². The molecule has 10 aromatic carbocycles. The smallest absolute Gasteiger partial charge is 0.166 e. The third-order valence-corrected chi connectivity index (χ3v) is 16.5. The van der Waals surface area contributed by atoms with Gasteiger partial charge in [0.25, 0.3) is 0 Å². The lowest BCUT2D eigenvalue weighted by atomic mass is 9.93. The summed E-state index contributed by atoms with van der Waals surface area (Å²) in [7, 11) is 0. The van der Waals surface area contributed by atoms with E-state index >= 15 is 0 Å². The predicted octanol–water partition coefficient (Wildman–Crippen LogP) is 17.3. The molecule has 0 N–H and O–H groups in total. The van der Waals surface area contributed by atoms with E-state index in [0.717, 1.165) is 71.9 Å². The van der Waals surface area contributed by atoms with Crippen LogP contribution in [-0.4, -0.2) is 24.1 Å². The van der Waals surface area contributed by atoms with Crippen LogP contribution in [0.25, 0.3) is 141 Å². The lowest BCUT2D eigenvalue weighted by Gasteiger charge is -2.24. The first-order chi connectivity index (χ1) is 35.7. The van der Waals surface area contributed by atoms with Crippen LogP contribution >= 0.6 is 22.7 Å². The Morgan fingerprint density at radius 1 is 0.347 bits per heavy atom. The summed E-state index contributed by atoms with van der Waals surface area (Å²) in [5.74, 6) is 1.54. The van der Waals surface area contributed by atoms with Crippen molar-refractivity contribution in [1.29, 1.82) is 5.26 Å². The van der Waals surface area contributed by atoms with Crippen molar-refractivity contribution in [1.82, 2.24) is 24.1 Å². The van der Waals surface area contributed by atoms with Gasteiger partial charge in [0.05, 0.1) is 39.0 Å². The van der Waals surface area contributed by atoms with Crippen LogP contribution in [0, 0.1) is 11.3 Å². The van der Waals surface area contributed by atoms with Crippen molar-refractivity contribution in [2.45, 2.75) is 0 Å². The summed E-state index contributed by atoms with van der Waals surface area (Å²) in [5, 5.41) is 21.4. The molecule has 0 aliphatic carbocycles. The maximum atomic E-state index is 11.9. The SMILES string of the molecule is N#Cc1cc(-c2nc(-c3ccccc3)nc(-c3ccccc3)n2)c(-n2c3ccccc3c3c4c(ccc32)sc2ccccc24)c(-c2ccccc2)c1-n1c2ccccc2c2c3c(ccc21)sc1ccccc13. The summed E-state index contributed by atoms with van der Waals surface area (Å²) in [6.45, 7) is 0. The zero-order valence-corrected chi connectivity index (χ0v) is 39.9. The highest BCUT2D eigenvalue weighted by Gasteiger charge is 2.31. The minimum atomic E-state index is 0.458. The quantitative estimate of drug-likeness (QED) is 0.166. The van der Waals surface area contributed by atoms with Gasteiger partial charge in [0.2, 0.25) is 0 Å². The number of nitriles is 1. The molecule has 0 saturated heterocycles. The Kier molecular flexibility index (Phi) is 8.96. The van der Waals surface area contributed by atoms with Gasteiger partial charge in [-0.2, -0.15) is 5.26 Å². The molecule has 15 aromatic rings. The predicted molar refractivity (Wildman–Crippen MR) is 301 cm³/mol. The van der Waals surface area contributed by atoms with E-state index in [1.165, 1.54) is 45.7 Å². The largest absolute Gasteiger partial charge is 0.308 e. The third-order valence-electron chi connectivity index (χ3n) is 14.2. The Hall–Kier alpha value is -9.26. The van der Waals surface area contributed by atoms with E-state index in [4.69, 9.17) is 15.0 Å². The number of para-hydroxylation sites is 2. The summed E-state index contributed by atoms with van der Waals surface area (Å²) in [5.41, 5.74) is 10.5. The number of fused-ring (bicyclic) bond motifs is 14. The van der Waals surface area contributed by atoms with Crippen molar-refractivity contribution in [2.24, 2.45) is 0 Å². The van der Waals surface area contributed by atoms with E-state index in [1.54, 1.807) is 0 Å². The Bertz CT molecular complexity index is 4690. The summed E-state index contributed by atoms with van der Waals surface area (Å²) >= 11 is 3.64. The molecule has 15 rings (SSSR count). The van der Waals surface area contributed by atoms with Crippen molar-refractivity contribution in [2.75, 3.05) is 0 Å². The molecule has 0 spiro atoms. The van der Waals surface area contributed by atoms with Gasteiger partial charge in [0.15, 0.2) is 17.5 Å². The van der Waals surface area contributed by atoms with Crippen molar-refractivity contribution in [3.8, 4) is 62.7 Å². The van der Waals surface area contributed by atoms with E-state index in [1.807, 2.05) is 89.4 Å². The second kappa shape index (κ2) is 15.9. The van der Waals surface area contributed by atoms with E-state index in [9.17, 15) is 5.26 Å². The highest BCUT2D eigenvalue weighted by Crippen LogP contribution is 2.51. The normalized spacial score (nSPS) is 11.9. The summed E-state index contributed by atoms with van der Waals surface area (Å²) in [6.07, 6.45) is 0. The molecule has 6 nitrogen and oxygen atoms in total. The van der Waals surface area contributed by atoms with Gasteiger partial charge in [0, 0.05) is 84.1 Å². The van der Waals surface area contributed by atoms with Gasteiger partial charge in [-0.15, -0.1) is 22.7 Å². The Balaban J connectivity index is 1.18. The van der Waals surface area contributed by atoms with Gasteiger partial charge < -0.3 is 9.13 Å².